The van der Waals surface area contributed by atoms with Gasteiger partial charge in [-0.15, -0.1) is 0 Å². The summed E-state index contributed by atoms with van der Waals surface area (Å²) in [6.45, 7) is 4.62. The highest BCUT2D eigenvalue weighted by Crippen LogP contribution is 2.42. The second-order valence-corrected chi connectivity index (χ2v) is 9.72. The SMILES string of the molecule is CC(C)Oc1cc(Cl)ccc1CCNC(=O)c1ccc(Oc2cc3c(cc2Cl)C(OC(=O)O)CCO3)cc1. The molecule has 0 aromatic heterocycles. The summed E-state index contributed by atoms with van der Waals surface area (Å²) in [5.74, 6) is 1.73. The van der Waals surface area contributed by atoms with Crippen LogP contribution >= 0.6 is 23.2 Å². The van der Waals surface area contributed by atoms with Crippen LogP contribution in [0.2, 0.25) is 10.0 Å². The Hall–Kier alpha value is -3.62. The molecule has 200 valence electrons. The van der Waals surface area contributed by atoms with Gasteiger partial charge < -0.3 is 29.4 Å². The molecule has 2 N–H and O–H groups in total. The molecule has 1 unspecified atom stereocenters. The van der Waals surface area contributed by atoms with Crippen LogP contribution in [-0.4, -0.2) is 36.4 Å². The van der Waals surface area contributed by atoms with Crippen LogP contribution in [0, 0.1) is 0 Å². The van der Waals surface area contributed by atoms with Crippen molar-refractivity contribution >= 4 is 35.3 Å². The number of rotatable bonds is 9. The van der Waals surface area contributed by atoms with Crippen molar-refractivity contribution in [2.45, 2.75) is 38.9 Å². The Morgan fingerprint density at radius 2 is 1.84 bits per heavy atom. The van der Waals surface area contributed by atoms with E-state index >= 15 is 0 Å². The van der Waals surface area contributed by atoms with Crippen molar-refractivity contribution in [1.29, 1.82) is 0 Å². The van der Waals surface area contributed by atoms with Crippen LogP contribution in [0.4, 0.5) is 4.79 Å². The first kappa shape index (κ1) is 27.4. The van der Waals surface area contributed by atoms with E-state index in [0.29, 0.717) is 65.1 Å². The maximum Gasteiger partial charge on any atom is 0.506 e. The van der Waals surface area contributed by atoms with E-state index in [2.05, 4.69) is 5.32 Å². The summed E-state index contributed by atoms with van der Waals surface area (Å²) in [7, 11) is 0. The molecule has 0 saturated heterocycles. The van der Waals surface area contributed by atoms with Gasteiger partial charge in [0.1, 0.15) is 29.1 Å². The largest absolute Gasteiger partial charge is 0.506 e. The minimum atomic E-state index is -1.36. The number of nitrogens with one attached hydrogen (secondary N) is 1. The van der Waals surface area contributed by atoms with Crippen molar-refractivity contribution in [2.75, 3.05) is 13.2 Å². The molecule has 0 radical (unpaired) electrons. The van der Waals surface area contributed by atoms with Crippen molar-refractivity contribution in [1.82, 2.24) is 5.32 Å². The van der Waals surface area contributed by atoms with Crippen LogP contribution in [0.3, 0.4) is 0 Å². The first-order chi connectivity index (χ1) is 18.2. The standard InChI is InChI=1S/C28H27Cl2NO7/c1-16(2)36-24-13-19(29)6-3-17(24)9-11-31-27(32)18-4-7-20(8-5-18)37-26-15-25-21(14-22(26)30)23(10-12-35-25)38-28(33)34/h3-8,13-16,23H,9-12H2,1-2H3,(H,31,32)(H,33,34). The Balaban J connectivity index is 1.36. The summed E-state index contributed by atoms with van der Waals surface area (Å²) < 4.78 is 22.3. The van der Waals surface area contributed by atoms with Gasteiger partial charge in [-0.25, -0.2) is 4.79 Å². The summed E-state index contributed by atoms with van der Waals surface area (Å²) in [6, 6.07) is 15.3. The lowest BCUT2D eigenvalue weighted by Gasteiger charge is -2.25. The van der Waals surface area contributed by atoms with Gasteiger partial charge in [0.25, 0.3) is 5.91 Å². The Labute approximate surface area is 230 Å². The van der Waals surface area contributed by atoms with Gasteiger partial charge in [0.15, 0.2) is 0 Å². The average Bonchev–Trinajstić information content (AvgIpc) is 2.86. The Morgan fingerprint density at radius 3 is 2.55 bits per heavy atom. The van der Waals surface area contributed by atoms with Gasteiger partial charge in [0, 0.05) is 35.2 Å². The molecular weight excluding hydrogens is 533 g/mol. The monoisotopic (exact) mass is 559 g/mol. The molecule has 0 bridgehead atoms. The predicted molar refractivity (Wildman–Crippen MR) is 143 cm³/mol. The maximum atomic E-state index is 12.6. The fourth-order valence-corrected chi connectivity index (χ4v) is 4.37. The van der Waals surface area contributed by atoms with Crippen LogP contribution < -0.4 is 19.5 Å². The number of fused-ring (bicyclic) bond motifs is 1. The van der Waals surface area contributed by atoms with Crippen molar-refractivity contribution in [2.24, 2.45) is 0 Å². The lowest BCUT2D eigenvalue weighted by Crippen LogP contribution is -2.25. The minimum Gasteiger partial charge on any atom is -0.493 e. The minimum absolute atomic E-state index is 0.00845. The Bertz CT molecular complexity index is 1310. The summed E-state index contributed by atoms with van der Waals surface area (Å²) in [5.41, 5.74) is 1.98. The van der Waals surface area contributed by atoms with Crippen LogP contribution in [-0.2, 0) is 11.2 Å². The van der Waals surface area contributed by atoms with Crippen molar-refractivity contribution < 1.29 is 33.6 Å². The molecule has 1 atom stereocenters. The molecule has 4 rings (SSSR count). The smallest absolute Gasteiger partial charge is 0.493 e. The molecule has 3 aromatic rings. The number of benzene rings is 3. The summed E-state index contributed by atoms with van der Waals surface area (Å²) in [5, 5.41) is 12.7. The molecule has 0 spiro atoms. The zero-order valence-electron chi connectivity index (χ0n) is 20.8. The summed E-state index contributed by atoms with van der Waals surface area (Å²) >= 11 is 12.5. The third kappa shape index (κ3) is 7.02. The zero-order valence-corrected chi connectivity index (χ0v) is 22.3. The second kappa shape index (κ2) is 12.3. The molecule has 1 heterocycles. The van der Waals surface area contributed by atoms with E-state index < -0.39 is 12.3 Å². The first-order valence-corrected chi connectivity index (χ1v) is 12.8. The van der Waals surface area contributed by atoms with Gasteiger partial charge in [-0.1, -0.05) is 29.3 Å². The van der Waals surface area contributed by atoms with Gasteiger partial charge in [0.05, 0.1) is 17.7 Å². The highest BCUT2D eigenvalue weighted by Gasteiger charge is 2.27. The zero-order chi connectivity index (χ0) is 27.2. The van der Waals surface area contributed by atoms with Crippen molar-refractivity contribution in [3.05, 3.63) is 81.3 Å². The number of carbonyl (C=O) groups excluding carboxylic acids is 1. The molecule has 1 amide bonds. The number of amides is 1. The van der Waals surface area contributed by atoms with E-state index in [1.165, 1.54) is 0 Å². The molecular formula is C28H27Cl2NO7. The van der Waals surface area contributed by atoms with E-state index in [-0.39, 0.29) is 17.0 Å². The third-order valence-corrected chi connectivity index (χ3v) is 6.24. The van der Waals surface area contributed by atoms with Crippen LogP contribution in [0.25, 0.3) is 0 Å². The molecule has 8 nitrogen and oxygen atoms in total. The van der Waals surface area contributed by atoms with E-state index in [4.69, 9.17) is 47.3 Å². The third-order valence-electron chi connectivity index (χ3n) is 5.71. The van der Waals surface area contributed by atoms with Gasteiger partial charge in [-0.3, -0.25) is 4.79 Å². The van der Waals surface area contributed by atoms with Crippen LogP contribution in [0.1, 0.15) is 47.9 Å². The quantitative estimate of drug-likeness (QED) is 0.270. The van der Waals surface area contributed by atoms with Gasteiger partial charge in [-0.05, 0) is 68.3 Å². The van der Waals surface area contributed by atoms with Crippen LogP contribution in [0.5, 0.6) is 23.0 Å². The van der Waals surface area contributed by atoms with Crippen molar-refractivity contribution in [3.8, 4) is 23.0 Å². The lowest BCUT2D eigenvalue weighted by molar-refractivity contribution is 0.0326. The summed E-state index contributed by atoms with van der Waals surface area (Å²) in [6.07, 6.45) is -1.03. The van der Waals surface area contributed by atoms with Gasteiger partial charge >= 0.3 is 6.16 Å². The van der Waals surface area contributed by atoms with E-state index in [1.807, 2.05) is 19.9 Å². The Morgan fingerprint density at radius 1 is 1.08 bits per heavy atom. The molecule has 10 heteroatoms. The molecule has 3 aromatic carbocycles. The Kier molecular flexibility index (Phi) is 8.86. The topological polar surface area (TPSA) is 103 Å². The van der Waals surface area contributed by atoms with E-state index in [9.17, 15) is 9.59 Å². The number of hydrogen-bond donors (Lipinski definition) is 2. The fraction of sp³-hybridized carbons (Fsp3) is 0.286. The molecule has 0 saturated carbocycles. The lowest BCUT2D eigenvalue weighted by atomic mass is 10.0. The second-order valence-electron chi connectivity index (χ2n) is 8.88. The normalized spacial score (nSPS) is 14.3. The van der Waals surface area contributed by atoms with E-state index in [1.54, 1.807) is 48.5 Å². The first-order valence-electron chi connectivity index (χ1n) is 12.1. The van der Waals surface area contributed by atoms with Crippen molar-refractivity contribution in [3.63, 3.8) is 0 Å². The molecule has 1 aliphatic heterocycles. The van der Waals surface area contributed by atoms with E-state index in [0.717, 1.165) is 5.56 Å². The maximum absolute atomic E-state index is 12.6. The number of ether oxygens (including phenoxy) is 4. The predicted octanol–water partition coefficient (Wildman–Crippen LogP) is 7.06. The van der Waals surface area contributed by atoms with Gasteiger partial charge in [-0.2, -0.15) is 0 Å². The number of halogens is 2. The highest BCUT2D eigenvalue weighted by atomic mass is 35.5. The molecule has 38 heavy (non-hydrogen) atoms. The highest BCUT2D eigenvalue weighted by molar-refractivity contribution is 6.32. The summed E-state index contributed by atoms with van der Waals surface area (Å²) in [4.78, 5) is 23.6. The average molecular weight is 560 g/mol. The fourth-order valence-electron chi connectivity index (χ4n) is 3.99. The molecule has 0 fully saturated rings. The molecule has 0 aliphatic carbocycles. The number of hydrogen-bond acceptors (Lipinski definition) is 6. The number of carboxylic acid groups (broad SMARTS) is 1. The van der Waals surface area contributed by atoms with Gasteiger partial charge in [0.2, 0.25) is 0 Å². The van der Waals surface area contributed by atoms with Crippen LogP contribution in [0.15, 0.2) is 54.6 Å². The number of carbonyl (C=O) groups is 2. The molecule has 1 aliphatic rings.